The molecule has 1 fully saturated rings. The molecule has 3 rings (SSSR count). The standard InChI is InChI=1S/C19H23ClN2O3S/c1-15-5-3-4-6-16(15)14-21-9-11-22(12-10-21)26(23,24)19-13-17(20)7-8-18(19)25-2/h3-8,13H,9-12,14H2,1-2H3. The Kier molecular flexibility index (Phi) is 5.87. The van der Waals surface area contributed by atoms with Crippen LogP contribution in [0.4, 0.5) is 0 Å². The van der Waals surface area contributed by atoms with E-state index in [2.05, 4.69) is 24.0 Å². The average Bonchev–Trinajstić information content (AvgIpc) is 2.64. The van der Waals surface area contributed by atoms with E-state index in [1.807, 2.05) is 12.1 Å². The van der Waals surface area contributed by atoms with Crippen LogP contribution in [0, 0.1) is 6.92 Å². The first-order valence-electron chi connectivity index (χ1n) is 8.52. The number of piperazine rings is 1. The van der Waals surface area contributed by atoms with Gasteiger partial charge >= 0.3 is 0 Å². The molecule has 0 spiro atoms. The van der Waals surface area contributed by atoms with Crippen LogP contribution in [0.15, 0.2) is 47.4 Å². The van der Waals surface area contributed by atoms with Gasteiger partial charge in [-0.05, 0) is 36.2 Å². The van der Waals surface area contributed by atoms with E-state index in [0.717, 1.165) is 6.54 Å². The van der Waals surface area contributed by atoms with Gasteiger partial charge in [0, 0.05) is 37.7 Å². The predicted octanol–water partition coefficient (Wildman–Crippen LogP) is 3.16. The first-order chi connectivity index (χ1) is 12.4. The van der Waals surface area contributed by atoms with Gasteiger partial charge < -0.3 is 4.74 Å². The Bertz CT molecular complexity index is 878. The summed E-state index contributed by atoms with van der Waals surface area (Å²) in [6.45, 7) is 5.21. The Labute approximate surface area is 160 Å². The number of hydrogen-bond donors (Lipinski definition) is 0. The van der Waals surface area contributed by atoms with Crippen LogP contribution in [-0.4, -0.2) is 50.9 Å². The molecule has 0 unspecified atom stereocenters. The third-order valence-corrected chi connectivity index (χ3v) is 6.88. The van der Waals surface area contributed by atoms with Crippen molar-refractivity contribution in [2.24, 2.45) is 0 Å². The molecule has 26 heavy (non-hydrogen) atoms. The third-order valence-electron chi connectivity index (χ3n) is 4.73. The van der Waals surface area contributed by atoms with Crippen molar-refractivity contribution in [3.05, 3.63) is 58.6 Å². The lowest BCUT2D eigenvalue weighted by atomic mass is 10.1. The van der Waals surface area contributed by atoms with Crippen LogP contribution in [0.3, 0.4) is 0 Å². The summed E-state index contributed by atoms with van der Waals surface area (Å²) in [7, 11) is -2.17. The normalized spacial score (nSPS) is 16.6. The monoisotopic (exact) mass is 394 g/mol. The number of benzene rings is 2. The lowest BCUT2D eigenvalue weighted by Gasteiger charge is -2.34. The highest BCUT2D eigenvalue weighted by Crippen LogP contribution is 2.30. The van der Waals surface area contributed by atoms with Crippen molar-refractivity contribution in [2.45, 2.75) is 18.4 Å². The number of aryl methyl sites for hydroxylation is 1. The van der Waals surface area contributed by atoms with Crippen molar-refractivity contribution < 1.29 is 13.2 Å². The van der Waals surface area contributed by atoms with Gasteiger partial charge in [0.25, 0.3) is 0 Å². The molecule has 0 saturated carbocycles. The van der Waals surface area contributed by atoms with E-state index in [1.165, 1.54) is 28.6 Å². The molecule has 0 aliphatic carbocycles. The Morgan fingerprint density at radius 2 is 1.77 bits per heavy atom. The molecule has 7 heteroatoms. The summed E-state index contributed by atoms with van der Waals surface area (Å²) in [6, 6.07) is 12.9. The maximum Gasteiger partial charge on any atom is 0.246 e. The Hall–Kier alpha value is -1.60. The van der Waals surface area contributed by atoms with Gasteiger partial charge in [0.2, 0.25) is 10.0 Å². The van der Waals surface area contributed by atoms with Crippen LogP contribution >= 0.6 is 11.6 Å². The van der Waals surface area contributed by atoms with Gasteiger partial charge in [0.1, 0.15) is 10.6 Å². The topological polar surface area (TPSA) is 49.9 Å². The number of methoxy groups -OCH3 is 1. The smallest absolute Gasteiger partial charge is 0.246 e. The summed E-state index contributed by atoms with van der Waals surface area (Å²) in [6.07, 6.45) is 0. The molecule has 0 N–H and O–H groups in total. The summed E-state index contributed by atoms with van der Waals surface area (Å²) in [4.78, 5) is 2.41. The summed E-state index contributed by atoms with van der Waals surface area (Å²) >= 11 is 6.00. The van der Waals surface area contributed by atoms with E-state index >= 15 is 0 Å². The van der Waals surface area contributed by atoms with Crippen LogP contribution < -0.4 is 4.74 Å². The second kappa shape index (κ2) is 7.96. The zero-order chi connectivity index (χ0) is 18.7. The molecule has 0 radical (unpaired) electrons. The first-order valence-corrected chi connectivity index (χ1v) is 10.3. The van der Waals surface area contributed by atoms with Crippen LogP contribution in [0.5, 0.6) is 5.75 Å². The minimum atomic E-state index is -3.63. The highest BCUT2D eigenvalue weighted by atomic mass is 35.5. The molecule has 2 aromatic carbocycles. The van der Waals surface area contributed by atoms with E-state index in [4.69, 9.17) is 16.3 Å². The quantitative estimate of drug-likeness (QED) is 0.781. The highest BCUT2D eigenvalue weighted by Gasteiger charge is 2.31. The summed E-state index contributed by atoms with van der Waals surface area (Å²) in [5.74, 6) is 0.316. The minimum Gasteiger partial charge on any atom is -0.495 e. The fourth-order valence-electron chi connectivity index (χ4n) is 3.15. The van der Waals surface area contributed by atoms with E-state index in [9.17, 15) is 8.42 Å². The summed E-state index contributed by atoms with van der Waals surface area (Å²) in [5.41, 5.74) is 2.53. The van der Waals surface area contributed by atoms with Crippen molar-refractivity contribution >= 4 is 21.6 Å². The van der Waals surface area contributed by atoms with E-state index in [-0.39, 0.29) is 4.90 Å². The molecule has 0 atom stereocenters. The van der Waals surface area contributed by atoms with Gasteiger partial charge in [0.05, 0.1) is 7.11 Å². The summed E-state index contributed by atoms with van der Waals surface area (Å²) < 4.78 is 32.7. The Balaban J connectivity index is 1.71. The number of sulfonamides is 1. The molecule has 0 aromatic heterocycles. The number of nitrogens with zero attached hydrogens (tertiary/aromatic N) is 2. The second-order valence-corrected chi connectivity index (χ2v) is 8.74. The van der Waals surface area contributed by atoms with Gasteiger partial charge in [0.15, 0.2) is 0 Å². The lowest BCUT2D eigenvalue weighted by molar-refractivity contribution is 0.181. The van der Waals surface area contributed by atoms with E-state index in [1.54, 1.807) is 12.1 Å². The van der Waals surface area contributed by atoms with Crippen LogP contribution in [0.2, 0.25) is 5.02 Å². The highest BCUT2D eigenvalue weighted by molar-refractivity contribution is 7.89. The molecule has 2 aromatic rings. The Morgan fingerprint density at radius 3 is 2.42 bits per heavy atom. The number of halogens is 1. The Morgan fingerprint density at radius 1 is 1.08 bits per heavy atom. The van der Waals surface area contributed by atoms with Gasteiger partial charge in [-0.2, -0.15) is 4.31 Å². The van der Waals surface area contributed by atoms with Gasteiger partial charge in [-0.3, -0.25) is 4.90 Å². The molecule has 0 amide bonds. The van der Waals surface area contributed by atoms with E-state index in [0.29, 0.717) is 37.0 Å². The minimum absolute atomic E-state index is 0.125. The fraction of sp³-hybridized carbons (Fsp3) is 0.368. The zero-order valence-electron chi connectivity index (χ0n) is 15.0. The van der Waals surface area contributed by atoms with E-state index < -0.39 is 10.0 Å². The lowest BCUT2D eigenvalue weighted by Crippen LogP contribution is -2.48. The molecule has 1 aliphatic heterocycles. The number of hydrogen-bond acceptors (Lipinski definition) is 4. The average molecular weight is 395 g/mol. The largest absolute Gasteiger partial charge is 0.495 e. The van der Waals surface area contributed by atoms with Crippen molar-refractivity contribution in [3.8, 4) is 5.75 Å². The maximum atomic E-state index is 13.0. The summed E-state index contributed by atoms with van der Waals surface area (Å²) in [5, 5.41) is 0.377. The fourth-order valence-corrected chi connectivity index (χ4v) is 4.99. The molecule has 1 aliphatic rings. The molecule has 1 saturated heterocycles. The number of ether oxygens (including phenoxy) is 1. The molecular weight excluding hydrogens is 372 g/mol. The molecule has 0 bridgehead atoms. The van der Waals surface area contributed by atoms with Gasteiger partial charge in [-0.1, -0.05) is 35.9 Å². The number of rotatable bonds is 5. The SMILES string of the molecule is COc1ccc(Cl)cc1S(=O)(=O)N1CCN(Cc2ccccc2C)CC1. The van der Waals surface area contributed by atoms with Crippen molar-refractivity contribution in [2.75, 3.05) is 33.3 Å². The van der Waals surface area contributed by atoms with Gasteiger partial charge in [-0.15, -0.1) is 0 Å². The van der Waals surface area contributed by atoms with Crippen molar-refractivity contribution in [3.63, 3.8) is 0 Å². The first kappa shape index (κ1) is 19.2. The molecule has 1 heterocycles. The predicted molar refractivity (Wildman–Crippen MR) is 103 cm³/mol. The van der Waals surface area contributed by atoms with Crippen LogP contribution in [0.25, 0.3) is 0 Å². The molecule has 140 valence electrons. The second-order valence-electron chi connectivity index (χ2n) is 6.40. The zero-order valence-corrected chi connectivity index (χ0v) is 16.6. The van der Waals surface area contributed by atoms with Crippen molar-refractivity contribution in [1.82, 2.24) is 9.21 Å². The maximum absolute atomic E-state index is 13.0. The molecular formula is C19H23ClN2O3S. The van der Waals surface area contributed by atoms with Gasteiger partial charge in [-0.25, -0.2) is 8.42 Å². The van der Waals surface area contributed by atoms with Crippen molar-refractivity contribution in [1.29, 1.82) is 0 Å². The van der Waals surface area contributed by atoms with Crippen LogP contribution in [0.1, 0.15) is 11.1 Å². The molecule has 5 nitrogen and oxygen atoms in total. The third kappa shape index (κ3) is 4.04. The van der Waals surface area contributed by atoms with Crippen LogP contribution in [-0.2, 0) is 16.6 Å².